The van der Waals surface area contributed by atoms with Gasteiger partial charge in [0.05, 0.1) is 13.2 Å². The minimum absolute atomic E-state index is 0.0403. The van der Waals surface area contributed by atoms with Crippen LogP contribution in [0, 0.1) is 0 Å². The van der Waals surface area contributed by atoms with Gasteiger partial charge in [-0.15, -0.1) is 0 Å². The summed E-state index contributed by atoms with van der Waals surface area (Å²) in [5.41, 5.74) is 5.41. The highest BCUT2D eigenvalue weighted by atomic mass is 31.2. The molecule has 0 spiro atoms. The summed E-state index contributed by atoms with van der Waals surface area (Å²) in [6.07, 6.45) is 123. The van der Waals surface area contributed by atoms with Crippen molar-refractivity contribution in [1.29, 1.82) is 0 Å². The highest BCUT2D eigenvalue weighted by Gasteiger charge is 2.26. The van der Waals surface area contributed by atoms with E-state index in [1.807, 2.05) is 0 Å². The second-order valence-corrected chi connectivity index (χ2v) is 29.4. The van der Waals surface area contributed by atoms with Crippen LogP contribution in [0.2, 0.25) is 0 Å². The number of phosphoric acid groups is 1. The first-order valence-corrected chi connectivity index (χ1v) is 43.8. The number of hydrogen-bond donors (Lipinski definition) is 2. The molecule has 580 valence electrons. The van der Waals surface area contributed by atoms with Gasteiger partial charge in [-0.3, -0.25) is 18.6 Å². The maximum atomic E-state index is 12.8. The van der Waals surface area contributed by atoms with Gasteiger partial charge in [0.15, 0.2) is 6.10 Å². The van der Waals surface area contributed by atoms with Gasteiger partial charge >= 0.3 is 19.8 Å². The molecular weight excluding hydrogens is 1270 g/mol. The van der Waals surface area contributed by atoms with Gasteiger partial charge in [-0.25, -0.2) is 4.57 Å². The average Bonchev–Trinajstić information content (AvgIpc) is 1.01. The van der Waals surface area contributed by atoms with Gasteiger partial charge in [0.25, 0.3) is 0 Å². The maximum Gasteiger partial charge on any atom is 0.472 e. The minimum atomic E-state index is -4.42. The normalized spacial score (nSPS) is 13.6. The maximum absolute atomic E-state index is 12.8. The Balaban J connectivity index is 3.88. The molecule has 2 unspecified atom stereocenters. The second kappa shape index (κ2) is 84.8. The van der Waals surface area contributed by atoms with Crippen molar-refractivity contribution in [2.24, 2.45) is 5.73 Å². The molecule has 0 saturated heterocycles. The predicted molar refractivity (Wildman–Crippen MR) is 440 cm³/mol. The van der Waals surface area contributed by atoms with E-state index in [4.69, 9.17) is 24.3 Å². The molecule has 3 N–H and O–H groups in total. The van der Waals surface area contributed by atoms with Crippen molar-refractivity contribution in [3.05, 3.63) is 146 Å². The molecule has 0 amide bonds. The molecule has 101 heavy (non-hydrogen) atoms. The van der Waals surface area contributed by atoms with Gasteiger partial charge < -0.3 is 20.1 Å². The Kier molecular flexibility index (Phi) is 81.4. The van der Waals surface area contributed by atoms with Crippen LogP contribution in [-0.4, -0.2) is 49.3 Å². The largest absolute Gasteiger partial charge is 0.472 e. The van der Waals surface area contributed by atoms with Crippen molar-refractivity contribution in [3.8, 4) is 0 Å². The molecule has 0 radical (unpaired) electrons. The lowest BCUT2D eigenvalue weighted by Crippen LogP contribution is -2.29. The van der Waals surface area contributed by atoms with Crippen molar-refractivity contribution >= 4 is 19.8 Å². The van der Waals surface area contributed by atoms with E-state index in [-0.39, 0.29) is 32.6 Å². The molecule has 9 nitrogen and oxygen atoms in total. The summed E-state index contributed by atoms with van der Waals surface area (Å²) in [6.45, 7) is 3.62. The number of allylic oxidation sites excluding steroid dienone is 24. The van der Waals surface area contributed by atoms with Crippen LogP contribution >= 0.6 is 7.82 Å². The average molecular weight is 1430 g/mol. The lowest BCUT2D eigenvalue weighted by molar-refractivity contribution is -0.161. The number of phosphoric ester groups is 1. The molecule has 0 aliphatic heterocycles. The molecule has 0 aliphatic rings. The zero-order valence-electron chi connectivity index (χ0n) is 65.6. The number of rotatable bonds is 79. The number of hydrogen-bond acceptors (Lipinski definition) is 8. The Morgan fingerprint density at radius 3 is 0.812 bits per heavy atom. The van der Waals surface area contributed by atoms with E-state index < -0.39 is 32.5 Å². The third kappa shape index (κ3) is 84.7. The summed E-state index contributed by atoms with van der Waals surface area (Å²) in [4.78, 5) is 35.5. The SMILES string of the molecule is CC/C=C\C/C=C\C/C=C\C/C=C\C/C=C\C/C=C\C/C=C\C/C=C\C/C=C\C/C=C\C/C=C\C/C=C\CCCCC(=O)OC(COC(=O)CCCCCCCCCCCCCCCCCCCCCCCCCCCCCCCCCCCCCCCCCCC)COP(=O)(O)OCCN. The molecule has 0 aromatic rings. The van der Waals surface area contributed by atoms with E-state index in [1.165, 1.54) is 244 Å². The van der Waals surface area contributed by atoms with E-state index in [1.54, 1.807) is 0 Å². The van der Waals surface area contributed by atoms with Crippen LogP contribution in [0.15, 0.2) is 146 Å². The Morgan fingerprint density at radius 2 is 0.545 bits per heavy atom. The number of ether oxygens (including phenoxy) is 2. The van der Waals surface area contributed by atoms with Gasteiger partial charge in [-0.05, 0) is 103 Å². The standard InChI is InChI=1S/C91H158NO8P/c1-3-5-7-9-11-13-15-17-19-21-23-25-27-29-31-33-35-37-39-41-43-44-46-47-49-51-53-55-57-59-61-63-65-67-69-71-73-75-77-79-81-83-90(93)97-87-89(88-99-101(95,96)98-86-85-92)100-91(94)84-82-80-78-76-74-72-70-68-66-64-62-60-58-56-54-52-50-48-45-42-40-38-36-34-32-30-28-26-24-22-20-18-16-14-12-10-8-6-4-2/h6,8,12,14,18,20,24,26,30,32,36,38,42,45,50,52,56,58,62,64,68,70,74,76,89H,3-5,7,9-11,13,15-17,19,21-23,25,27-29,31,33-35,37,39-41,43-44,46-49,51,53-55,57,59-61,63,65-67,69,71-73,75,77-88,92H2,1-2H3,(H,95,96)/b8-6-,14-12-,20-18-,26-24-,32-30-,38-36-,45-42-,52-50-,58-56-,64-62-,70-68-,76-74-. The summed E-state index contributed by atoms with van der Waals surface area (Å²) in [6, 6.07) is 0. The van der Waals surface area contributed by atoms with Crippen LogP contribution < -0.4 is 5.73 Å². The fraction of sp³-hybridized carbons (Fsp3) is 0.714. The molecule has 0 rings (SSSR count). The monoisotopic (exact) mass is 1420 g/mol. The lowest BCUT2D eigenvalue weighted by Gasteiger charge is -2.19. The Morgan fingerprint density at radius 1 is 0.307 bits per heavy atom. The minimum Gasteiger partial charge on any atom is -0.462 e. The van der Waals surface area contributed by atoms with E-state index in [2.05, 4.69) is 160 Å². The zero-order valence-corrected chi connectivity index (χ0v) is 66.5. The van der Waals surface area contributed by atoms with Gasteiger partial charge in [-0.1, -0.05) is 417 Å². The summed E-state index contributed by atoms with van der Waals surface area (Å²) < 4.78 is 33.2. The molecule has 0 aliphatic carbocycles. The smallest absolute Gasteiger partial charge is 0.462 e. The van der Waals surface area contributed by atoms with Crippen LogP contribution in [0.1, 0.15) is 386 Å². The van der Waals surface area contributed by atoms with Crippen molar-refractivity contribution in [2.45, 2.75) is 392 Å². The van der Waals surface area contributed by atoms with Gasteiger partial charge in [0.1, 0.15) is 6.61 Å². The first kappa shape index (κ1) is 96.9. The molecule has 0 fully saturated rings. The Labute approximate surface area is 624 Å². The first-order valence-electron chi connectivity index (χ1n) is 42.3. The quantitative estimate of drug-likeness (QED) is 0.0264. The number of esters is 2. The van der Waals surface area contributed by atoms with E-state index >= 15 is 0 Å². The van der Waals surface area contributed by atoms with Crippen molar-refractivity contribution in [1.82, 2.24) is 0 Å². The molecule has 0 saturated carbocycles. The Hall–Kier alpha value is -4.11. The van der Waals surface area contributed by atoms with Gasteiger partial charge in [0.2, 0.25) is 0 Å². The van der Waals surface area contributed by atoms with Crippen molar-refractivity contribution < 1.29 is 37.6 Å². The third-order valence-electron chi connectivity index (χ3n) is 18.2. The van der Waals surface area contributed by atoms with E-state index in [9.17, 15) is 19.0 Å². The molecule has 2 atom stereocenters. The number of carbonyl (C=O) groups excluding carboxylic acids is 2. The van der Waals surface area contributed by atoms with E-state index in [0.717, 1.165) is 109 Å². The molecule has 0 bridgehead atoms. The van der Waals surface area contributed by atoms with Gasteiger partial charge in [0, 0.05) is 19.4 Å². The highest BCUT2D eigenvalue weighted by molar-refractivity contribution is 7.47. The van der Waals surface area contributed by atoms with Crippen LogP contribution in [0.4, 0.5) is 0 Å². The molecule has 10 heteroatoms. The second-order valence-electron chi connectivity index (χ2n) is 28.0. The molecule has 0 aromatic heterocycles. The topological polar surface area (TPSA) is 134 Å². The summed E-state index contributed by atoms with van der Waals surface area (Å²) in [7, 11) is -4.42. The summed E-state index contributed by atoms with van der Waals surface area (Å²) in [5.74, 6) is -0.874. The molecule has 0 aromatic carbocycles. The van der Waals surface area contributed by atoms with Crippen LogP contribution in [0.5, 0.6) is 0 Å². The highest BCUT2D eigenvalue weighted by Crippen LogP contribution is 2.43. The van der Waals surface area contributed by atoms with Crippen molar-refractivity contribution in [2.75, 3.05) is 26.4 Å². The van der Waals surface area contributed by atoms with Crippen molar-refractivity contribution in [3.63, 3.8) is 0 Å². The fourth-order valence-electron chi connectivity index (χ4n) is 12.0. The predicted octanol–water partition coefficient (Wildman–Crippen LogP) is 28.9. The zero-order chi connectivity index (χ0) is 72.9. The number of unbranched alkanes of at least 4 members (excludes halogenated alkanes) is 42. The summed E-state index contributed by atoms with van der Waals surface area (Å²) >= 11 is 0. The molecular formula is C91H158NO8P. The first-order chi connectivity index (χ1) is 49.8. The van der Waals surface area contributed by atoms with Gasteiger partial charge in [-0.2, -0.15) is 0 Å². The van der Waals surface area contributed by atoms with Crippen LogP contribution in [0.3, 0.4) is 0 Å². The van der Waals surface area contributed by atoms with Crippen LogP contribution in [0.25, 0.3) is 0 Å². The van der Waals surface area contributed by atoms with Crippen LogP contribution in [-0.2, 0) is 32.7 Å². The third-order valence-corrected chi connectivity index (χ3v) is 19.2. The Bertz CT molecular complexity index is 2180. The van der Waals surface area contributed by atoms with E-state index in [0.29, 0.717) is 6.42 Å². The number of nitrogens with two attached hydrogens (primary N) is 1. The summed E-state index contributed by atoms with van der Waals surface area (Å²) in [5, 5.41) is 0. The lowest BCUT2D eigenvalue weighted by atomic mass is 10.0. The molecule has 0 heterocycles. The number of carbonyl (C=O) groups is 2. The fourth-order valence-corrected chi connectivity index (χ4v) is 12.8.